The minimum Gasteiger partial charge on any atom is -0.392 e. The number of likely N-dealkylation sites (N-methyl/N-ethyl adjacent to an activating group) is 1. The molecule has 0 aromatic carbocycles. The number of nitrogens with zero attached hydrogens (tertiary/aromatic N) is 4. The average molecular weight is 227 g/mol. The fraction of sp³-hybridized carbons (Fsp3) is 0.667. The van der Waals surface area contributed by atoms with Gasteiger partial charge in [-0.15, -0.1) is 5.10 Å². The quantitative estimate of drug-likeness (QED) is 0.643. The Morgan fingerprint density at radius 3 is 2.94 bits per heavy atom. The molecular weight excluding hydrogens is 210 g/mol. The molecule has 90 valence electrons. The summed E-state index contributed by atoms with van der Waals surface area (Å²) in [6, 6.07) is 0. The van der Waals surface area contributed by atoms with E-state index >= 15 is 0 Å². The fourth-order valence-electron chi connectivity index (χ4n) is 1.27. The van der Waals surface area contributed by atoms with Crippen LogP contribution in [0.2, 0.25) is 0 Å². The Morgan fingerprint density at radius 2 is 2.44 bits per heavy atom. The molecule has 7 nitrogen and oxygen atoms in total. The van der Waals surface area contributed by atoms with Crippen molar-refractivity contribution in [2.75, 3.05) is 13.6 Å². The average Bonchev–Trinajstić information content (AvgIpc) is 2.64. The van der Waals surface area contributed by atoms with Crippen LogP contribution >= 0.6 is 0 Å². The van der Waals surface area contributed by atoms with E-state index in [0.29, 0.717) is 18.8 Å². The molecule has 1 atom stereocenters. The summed E-state index contributed by atoms with van der Waals surface area (Å²) >= 11 is 0. The van der Waals surface area contributed by atoms with Crippen molar-refractivity contribution in [3.8, 4) is 0 Å². The molecule has 0 spiro atoms. The maximum absolute atomic E-state index is 11.6. The van der Waals surface area contributed by atoms with E-state index in [1.54, 1.807) is 20.2 Å². The highest BCUT2D eigenvalue weighted by Gasteiger charge is 2.12. The number of nitrogens with two attached hydrogens (primary N) is 1. The molecule has 1 heterocycles. The van der Waals surface area contributed by atoms with E-state index in [2.05, 4.69) is 10.3 Å². The summed E-state index contributed by atoms with van der Waals surface area (Å²) in [6.45, 7) is 2.34. The van der Waals surface area contributed by atoms with Gasteiger partial charge in [0.25, 0.3) is 0 Å². The summed E-state index contributed by atoms with van der Waals surface area (Å²) < 4.78 is 1.43. The SMILES string of the molecule is CC(O)CN(C)C(=O)Cn1cc(CN)nn1. The Kier molecular flexibility index (Phi) is 4.39. The second kappa shape index (κ2) is 5.57. The van der Waals surface area contributed by atoms with Gasteiger partial charge in [-0.25, -0.2) is 4.68 Å². The minimum absolute atomic E-state index is 0.107. The van der Waals surface area contributed by atoms with Crippen molar-refractivity contribution in [1.82, 2.24) is 19.9 Å². The lowest BCUT2D eigenvalue weighted by molar-refractivity contribution is -0.131. The van der Waals surface area contributed by atoms with Crippen LogP contribution in [-0.2, 0) is 17.9 Å². The lowest BCUT2D eigenvalue weighted by Crippen LogP contribution is -2.35. The van der Waals surface area contributed by atoms with Gasteiger partial charge in [0.2, 0.25) is 5.91 Å². The van der Waals surface area contributed by atoms with Gasteiger partial charge >= 0.3 is 0 Å². The Labute approximate surface area is 93.8 Å². The zero-order chi connectivity index (χ0) is 12.1. The van der Waals surface area contributed by atoms with Gasteiger partial charge in [-0.1, -0.05) is 5.21 Å². The van der Waals surface area contributed by atoms with Crippen molar-refractivity contribution >= 4 is 5.91 Å². The standard InChI is InChI=1S/C9H17N5O2/c1-7(15)4-13(2)9(16)6-14-5-8(3-10)11-12-14/h5,7,15H,3-4,6,10H2,1-2H3. The second-order valence-corrected chi connectivity index (χ2v) is 3.73. The smallest absolute Gasteiger partial charge is 0.244 e. The molecule has 0 aliphatic carbocycles. The highest BCUT2D eigenvalue weighted by molar-refractivity contribution is 5.75. The molecule has 0 saturated heterocycles. The first-order valence-corrected chi connectivity index (χ1v) is 5.04. The maximum Gasteiger partial charge on any atom is 0.244 e. The van der Waals surface area contributed by atoms with E-state index in [1.807, 2.05) is 0 Å². The third-order valence-corrected chi connectivity index (χ3v) is 2.06. The zero-order valence-electron chi connectivity index (χ0n) is 9.50. The van der Waals surface area contributed by atoms with Crippen LogP contribution in [0.25, 0.3) is 0 Å². The van der Waals surface area contributed by atoms with Crippen molar-refractivity contribution < 1.29 is 9.90 Å². The van der Waals surface area contributed by atoms with E-state index in [1.165, 1.54) is 9.58 Å². The third-order valence-electron chi connectivity index (χ3n) is 2.06. The van der Waals surface area contributed by atoms with Crippen molar-refractivity contribution in [2.45, 2.75) is 26.1 Å². The largest absolute Gasteiger partial charge is 0.392 e. The molecule has 0 radical (unpaired) electrons. The third kappa shape index (κ3) is 3.59. The van der Waals surface area contributed by atoms with Gasteiger partial charge < -0.3 is 15.7 Å². The van der Waals surface area contributed by atoms with Gasteiger partial charge in [-0.05, 0) is 6.92 Å². The normalized spacial score (nSPS) is 12.5. The molecule has 0 aliphatic heterocycles. The van der Waals surface area contributed by atoms with E-state index in [0.717, 1.165) is 0 Å². The number of aliphatic hydroxyl groups excluding tert-OH is 1. The summed E-state index contributed by atoms with van der Waals surface area (Å²) in [7, 11) is 1.63. The fourth-order valence-corrected chi connectivity index (χ4v) is 1.27. The lowest BCUT2D eigenvalue weighted by Gasteiger charge is -2.18. The zero-order valence-corrected chi connectivity index (χ0v) is 9.50. The summed E-state index contributed by atoms with van der Waals surface area (Å²) in [6.07, 6.45) is 1.10. The number of aliphatic hydroxyl groups is 1. The summed E-state index contributed by atoms with van der Waals surface area (Å²) in [5.41, 5.74) is 6.02. The molecule has 0 fully saturated rings. The molecule has 1 unspecified atom stereocenters. The van der Waals surface area contributed by atoms with E-state index < -0.39 is 6.10 Å². The number of aromatic nitrogens is 3. The number of carbonyl (C=O) groups excluding carboxylic acids is 1. The predicted octanol–water partition coefficient (Wildman–Crippen LogP) is -1.42. The van der Waals surface area contributed by atoms with Gasteiger partial charge in [0, 0.05) is 20.1 Å². The molecule has 1 amide bonds. The van der Waals surface area contributed by atoms with Gasteiger partial charge in [0.15, 0.2) is 0 Å². The number of hydrogen-bond acceptors (Lipinski definition) is 5. The maximum atomic E-state index is 11.6. The summed E-state index contributed by atoms with van der Waals surface area (Å²) in [5, 5.41) is 16.7. The first-order valence-electron chi connectivity index (χ1n) is 5.04. The Hall–Kier alpha value is -1.47. The van der Waals surface area contributed by atoms with Crippen LogP contribution in [0.4, 0.5) is 0 Å². The van der Waals surface area contributed by atoms with Crippen LogP contribution in [0.15, 0.2) is 6.20 Å². The van der Waals surface area contributed by atoms with Crippen molar-refractivity contribution in [3.63, 3.8) is 0 Å². The molecular formula is C9H17N5O2. The Morgan fingerprint density at radius 1 is 1.75 bits per heavy atom. The highest BCUT2D eigenvalue weighted by Crippen LogP contribution is 1.95. The van der Waals surface area contributed by atoms with Crippen LogP contribution in [0.5, 0.6) is 0 Å². The van der Waals surface area contributed by atoms with Gasteiger partial charge in [-0.3, -0.25) is 4.79 Å². The molecule has 16 heavy (non-hydrogen) atoms. The number of hydrogen-bond donors (Lipinski definition) is 2. The number of carbonyl (C=O) groups is 1. The summed E-state index contributed by atoms with van der Waals surface area (Å²) in [5.74, 6) is -0.130. The minimum atomic E-state index is -0.538. The lowest BCUT2D eigenvalue weighted by atomic mass is 10.3. The van der Waals surface area contributed by atoms with E-state index in [-0.39, 0.29) is 12.5 Å². The Balaban J connectivity index is 2.50. The van der Waals surface area contributed by atoms with Crippen LogP contribution in [0, 0.1) is 0 Å². The van der Waals surface area contributed by atoms with Crippen LogP contribution < -0.4 is 5.73 Å². The molecule has 1 aromatic heterocycles. The Bertz CT molecular complexity index is 349. The van der Waals surface area contributed by atoms with Crippen LogP contribution in [0.1, 0.15) is 12.6 Å². The first kappa shape index (κ1) is 12.6. The van der Waals surface area contributed by atoms with Crippen LogP contribution in [0.3, 0.4) is 0 Å². The van der Waals surface area contributed by atoms with Crippen LogP contribution in [-0.4, -0.2) is 50.6 Å². The van der Waals surface area contributed by atoms with Crippen molar-refractivity contribution in [2.24, 2.45) is 5.73 Å². The molecule has 1 rings (SSSR count). The van der Waals surface area contributed by atoms with Gasteiger partial charge in [0.1, 0.15) is 6.54 Å². The van der Waals surface area contributed by atoms with E-state index in [9.17, 15) is 4.79 Å². The highest BCUT2D eigenvalue weighted by atomic mass is 16.3. The molecule has 7 heteroatoms. The topological polar surface area (TPSA) is 97.3 Å². The molecule has 1 aromatic rings. The second-order valence-electron chi connectivity index (χ2n) is 3.73. The number of rotatable bonds is 5. The molecule has 3 N–H and O–H groups in total. The van der Waals surface area contributed by atoms with Crippen molar-refractivity contribution in [1.29, 1.82) is 0 Å². The van der Waals surface area contributed by atoms with Gasteiger partial charge in [-0.2, -0.15) is 0 Å². The summed E-state index contributed by atoms with van der Waals surface area (Å²) in [4.78, 5) is 13.1. The monoisotopic (exact) mass is 227 g/mol. The first-order chi connectivity index (χ1) is 7.52. The molecule has 0 aliphatic rings. The van der Waals surface area contributed by atoms with Crippen molar-refractivity contribution in [3.05, 3.63) is 11.9 Å². The molecule has 0 bridgehead atoms. The van der Waals surface area contributed by atoms with E-state index in [4.69, 9.17) is 10.8 Å². The number of amides is 1. The molecule has 0 saturated carbocycles. The van der Waals surface area contributed by atoms with Gasteiger partial charge in [0.05, 0.1) is 18.0 Å². The predicted molar refractivity (Wildman–Crippen MR) is 57.2 cm³/mol.